The minimum absolute atomic E-state index is 0.0859. The molecule has 45 heavy (non-hydrogen) atoms. The molecule has 1 fully saturated rings. The third-order valence-corrected chi connectivity index (χ3v) is 8.66. The van der Waals surface area contributed by atoms with Crippen LogP contribution in [-0.2, 0) is 38.4 Å². The highest BCUT2D eigenvalue weighted by atomic mass is 16.6. The Hall–Kier alpha value is -4.08. The van der Waals surface area contributed by atoms with Crippen LogP contribution in [0.15, 0.2) is 42.5 Å². The molecule has 0 unspecified atom stereocenters. The lowest BCUT2D eigenvalue weighted by Crippen LogP contribution is -2.50. The average Bonchev–Trinajstić information content (AvgIpc) is 3.41. The van der Waals surface area contributed by atoms with Crippen molar-refractivity contribution in [1.82, 2.24) is 15.1 Å². The maximum absolute atomic E-state index is 13.9. The molecule has 4 atom stereocenters. The summed E-state index contributed by atoms with van der Waals surface area (Å²) >= 11 is 0. The van der Waals surface area contributed by atoms with Gasteiger partial charge in [-0.1, -0.05) is 42.5 Å². The van der Waals surface area contributed by atoms with E-state index in [1.165, 1.54) is 15.4 Å². The Morgan fingerprint density at radius 1 is 0.844 bits per heavy atom. The number of nitrogens with zero attached hydrogens (tertiary/aromatic N) is 2. The summed E-state index contributed by atoms with van der Waals surface area (Å²) in [7, 11) is 0. The molecule has 5 rings (SSSR count). The van der Waals surface area contributed by atoms with Crippen molar-refractivity contribution in [3.8, 4) is 0 Å². The van der Waals surface area contributed by atoms with Gasteiger partial charge >= 0.3 is 18.2 Å². The summed E-state index contributed by atoms with van der Waals surface area (Å²) in [5.74, 6) is -1.46. The maximum atomic E-state index is 13.9. The summed E-state index contributed by atoms with van der Waals surface area (Å²) in [6.45, 7) is 11.0. The number of hydrogen-bond acceptors (Lipinski definition) is 6. The highest BCUT2D eigenvalue weighted by molar-refractivity contribution is 5.87. The Balaban J connectivity index is 1.39. The second kappa shape index (κ2) is 12.4. The number of carbonyl (C=O) groups is 4. The third kappa shape index (κ3) is 7.43. The number of carboxylic acids is 1. The van der Waals surface area contributed by atoms with Crippen molar-refractivity contribution in [2.75, 3.05) is 6.54 Å². The molecule has 3 amide bonds. The van der Waals surface area contributed by atoms with Crippen molar-refractivity contribution in [2.24, 2.45) is 0 Å². The molecule has 1 aliphatic carbocycles. The fourth-order valence-electron chi connectivity index (χ4n) is 6.61. The van der Waals surface area contributed by atoms with Gasteiger partial charge in [-0.3, -0.25) is 14.6 Å². The first-order valence-electron chi connectivity index (χ1n) is 15.8. The molecule has 0 spiro atoms. The molecule has 10 heteroatoms. The van der Waals surface area contributed by atoms with Gasteiger partial charge in [-0.2, -0.15) is 0 Å². The van der Waals surface area contributed by atoms with Crippen molar-refractivity contribution >= 4 is 24.1 Å². The van der Waals surface area contributed by atoms with Crippen LogP contribution < -0.4 is 5.32 Å². The Labute approximate surface area is 265 Å². The van der Waals surface area contributed by atoms with Crippen LogP contribution in [0, 0.1) is 0 Å². The van der Waals surface area contributed by atoms with Crippen LogP contribution in [0.2, 0.25) is 0 Å². The van der Waals surface area contributed by atoms with E-state index in [1.807, 2.05) is 30.3 Å². The highest BCUT2D eigenvalue weighted by Gasteiger charge is 2.43. The molecule has 2 heterocycles. The quantitative estimate of drug-likeness (QED) is 0.448. The standard InChI is InChI=1S/C35H45N3O7/c1-34(2,3)44-32(42)37-20-25(18-28(37)30(39)36-27-13-9-11-21-10-7-8-12-26(21)27)22-14-15-23-17-29(31(40)41)38(19-24(23)16-22)33(43)45-35(4,5)6/h7-8,10,12,14-16,25,27-29H,9,11,13,17-20H2,1-6H3,(H,36,39)(H,40,41)/t25-,27+,28-,29-/m0/s1. The minimum atomic E-state index is -1.09. The van der Waals surface area contributed by atoms with Gasteiger partial charge in [0.25, 0.3) is 0 Å². The van der Waals surface area contributed by atoms with Gasteiger partial charge in [-0.05, 0) is 95.0 Å². The normalized spacial score (nSPS) is 23.1. The van der Waals surface area contributed by atoms with Crippen molar-refractivity contribution in [2.45, 2.75) is 115 Å². The van der Waals surface area contributed by atoms with E-state index in [0.29, 0.717) is 13.0 Å². The molecule has 0 bridgehead atoms. The SMILES string of the molecule is CC(C)(C)OC(=O)N1Cc2cc([C@H]3C[C@@H](C(=O)N[C@@H]4CCCc5ccccc54)N(C(=O)OC(C)(C)C)C3)ccc2C[C@H]1C(=O)O. The molecule has 10 nitrogen and oxygen atoms in total. The van der Waals surface area contributed by atoms with Crippen LogP contribution in [0.3, 0.4) is 0 Å². The van der Waals surface area contributed by atoms with Gasteiger partial charge in [0.15, 0.2) is 0 Å². The number of carbonyl (C=O) groups excluding carboxylic acids is 3. The topological polar surface area (TPSA) is 125 Å². The maximum Gasteiger partial charge on any atom is 0.411 e. The monoisotopic (exact) mass is 619 g/mol. The highest BCUT2D eigenvalue weighted by Crippen LogP contribution is 2.37. The first kappa shape index (κ1) is 32.3. The van der Waals surface area contributed by atoms with Crippen molar-refractivity contribution in [3.05, 3.63) is 70.3 Å². The van der Waals surface area contributed by atoms with E-state index < -0.39 is 41.4 Å². The van der Waals surface area contributed by atoms with Crippen LogP contribution in [0.4, 0.5) is 9.59 Å². The van der Waals surface area contributed by atoms with Crippen molar-refractivity contribution < 1.29 is 33.8 Å². The molecule has 2 aromatic rings. The van der Waals surface area contributed by atoms with E-state index in [2.05, 4.69) is 17.4 Å². The van der Waals surface area contributed by atoms with E-state index in [1.54, 1.807) is 41.5 Å². The number of likely N-dealkylation sites (tertiary alicyclic amines) is 1. The Morgan fingerprint density at radius 3 is 2.18 bits per heavy atom. The van der Waals surface area contributed by atoms with Crippen LogP contribution in [-0.4, -0.2) is 68.8 Å². The van der Waals surface area contributed by atoms with Gasteiger partial charge in [0.05, 0.1) is 12.6 Å². The number of hydrogen-bond donors (Lipinski definition) is 2. The first-order chi connectivity index (χ1) is 21.1. The zero-order chi connectivity index (χ0) is 32.7. The minimum Gasteiger partial charge on any atom is -0.480 e. The largest absolute Gasteiger partial charge is 0.480 e. The molecular formula is C35H45N3O7. The predicted octanol–water partition coefficient (Wildman–Crippen LogP) is 5.72. The van der Waals surface area contributed by atoms with Gasteiger partial charge in [0.2, 0.25) is 5.91 Å². The fraction of sp³-hybridized carbons (Fsp3) is 0.543. The summed E-state index contributed by atoms with van der Waals surface area (Å²) < 4.78 is 11.3. The Bertz CT molecular complexity index is 1470. The zero-order valence-corrected chi connectivity index (χ0v) is 27.1. The molecular weight excluding hydrogens is 574 g/mol. The lowest BCUT2D eigenvalue weighted by atomic mass is 9.87. The van der Waals surface area contributed by atoms with Crippen LogP contribution in [0.25, 0.3) is 0 Å². The summed E-state index contributed by atoms with van der Waals surface area (Å²) in [6.07, 6.45) is 2.15. The zero-order valence-electron chi connectivity index (χ0n) is 27.1. The summed E-state index contributed by atoms with van der Waals surface area (Å²) in [5.41, 5.74) is 3.45. The molecule has 242 valence electrons. The van der Waals surface area contributed by atoms with Crippen LogP contribution >= 0.6 is 0 Å². The number of benzene rings is 2. The molecule has 2 N–H and O–H groups in total. The van der Waals surface area contributed by atoms with Crippen molar-refractivity contribution in [3.63, 3.8) is 0 Å². The second-order valence-corrected chi connectivity index (χ2v) is 14.4. The van der Waals surface area contributed by atoms with E-state index in [-0.39, 0.29) is 30.8 Å². The van der Waals surface area contributed by atoms with E-state index in [4.69, 9.17) is 9.47 Å². The molecule has 1 saturated heterocycles. The molecule has 0 saturated carbocycles. The van der Waals surface area contributed by atoms with Gasteiger partial charge in [0.1, 0.15) is 23.3 Å². The number of fused-ring (bicyclic) bond motifs is 2. The molecule has 0 radical (unpaired) electrons. The number of aryl methyl sites for hydroxylation is 1. The van der Waals surface area contributed by atoms with E-state index in [0.717, 1.165) is 41.5 Å². The Kier molecular flexibility index (Phi) is 8.88. The summed E-state index contributed by atoms with van der Waals surface area (Å²) in [4.78, 5) is 55.2. The molecule has 3 aliphatic rings. The third-order valence-electron chi connectivity index (χ3n) is 8.66. The van der Waals surface area contributed by atoms with Crippen LogP contribution in [0.1, 0.15) is 101 Å². The lowest BCUT2D eigenvalue weighted by molar-refractivity contribution is -0.143. The number of nitrogens with one attached hydrogen (secondary N) is 1. The van der Waals surface area contributed by atoms with Gasteiger partial charge in [-0.25, -0.2) is 14.4 Å². The second-order valence-electron chi connectivity index (χ2n) is 14.4. The number of amides is 3. The molecule has 2 aromatic carbocycles. The summed E-state index contributed by atoms with van der Waals surface area (Å²) in [6, 6.07) is 12.1. The van der Waals surface area contributed by atoms with E-state index >= 15 is 0 Å². The Morgan fingerprint density at radius 2 is 1.51 bits per heavy atom. The van der Waals surface area contributed by atoms with Crippen LogP contribution in [0.5, 0.6) is 0 Å². The smallest absolute Gasteiger partial charge is 0.411 e. The van der Waals surface area contributed by atoms with Gasteiger partial charge in [0, 0.05) is 18.9 Å². The predicted molar refractivity (Wildman–Crippen MR) is 168 cm³/mol. The van der Waals surface area contributed by atoms with Crippen molar-refractivity contribution in [1.29, 1.82) is 0 Å². The van der Waals surface area contributed by atoms with E-state index in [9.17, 15) is 24.3 Å². The number of ether oxygens (including phenoxy) is 2. The number of rotatable bonds is 4. The number of carboxylic acid groups (broad SMARTS) is 1. The summed E-state index contributed by atoms with van der Waals surface area (Å²) in [5, 5.41) is 13.1. The number of aliphatic carboxylic acids is 1. The molecule has 2 aliphatic heterocycles. The molecule has 0 aromatic heterocycles. The lowest BCUT2D eigenvalue weighted by Gasteiger charge is -2.36. The fourth-order valence-corrected chi connectivity index (χ4v) is 6.61. The average molecular weight is 620 g/mol. The van der Waals surface area contributed by atoms with Gasteiger partial charge in [-0.15, -0.1) is 0 Å². The first-order valence-corrected chi connectivity index (χ1v) is 15.8. The van der Waals surface area contributed by atoms with Gasteiger partial charge < -0.3 is 19.9 Å².